The maximum atomic E-state index is 12.7. The normalized spacial score (nSPS) is 11.5. The molecule has 0 atom stereocenters. The van der Waals surface area contributed by atoms with E-state index in [1.54, 1.807) is 36.0 Å². The summed E-state index contributed by atoms with van der Waals surface area (Å²) in [4.78, 5) is 17.1. The lowest BCUT2D eigenvalue weighted by atomic mass is 10.1. The Kier molecular flexibility index (Phi) is 4.51. The highest BCUT2D eigenvalue weighted by molar-refractivity contribution is 5.81. The first kappa shape index (κ1) is 18.7. The van der Waals surface area contributed by atoms with Crippen LogP contribution in [-0.4, -0.2) is 21.7 Å². The van der Waals surface area contributed by atoms with Crippen molar-refractivity contribution in [1.29, 1.82) is 0 Å². The number of benzene rings is 2. The number of fused-ring (bicyclic) bond motifs is 2. The van der Waals surface area contributed by atoms with Gasteiger partial charge in [-0.15, -0.1) is 5.11 Å². The van der Waals surface area contributed by atoms with Crippen LogP contribution < -0.4 is 10.4 Å². The van der Waals surface area contributed by atoms with E-state index in [-0.39, 0.29) is 0 Å². The summed E-state index contributed by atoms with van der Waals surface area (Å²) in [6.45, 7) is 1.82. The first-order chi connectivity index (χ1) is 15.1. The summed E-state index contributed by atoms with van der Waals surface area (Å²) in [6, 6.07) is 18.1. The molecule has 0 bridgehead atoms. The van der Waals surface area contributed by atoms with Crippen LogP contribution >= 0.6 is 0 Å². The maximum Gasteiger partial charge on any atom is 0.345 e. The number of para-hydroxylation sites is 1. The van der Waals surface area contributed by atoms with Crippen molar-refractivity contribution in [2.45, 2.75) is 6.92 Å². The summed E-state index contributed by atoms with van der Waals surface area (Å²) >= 11 is 0. The van der Waals surface area contributed by atoms with Gasteiger partial charge >= 0.3 is 5.63 Å². The van der Waals surface area contributed by atoms with E-state index >= 15 is 0 Å². The SMILES string of the molecule is COc1ccc(N=Nc2c(C)nn3c(-c4cc5ccccc5oc4=O)ccnc23)cc1. The van der Waals surface area contributed by atoms with Gasteiger partial charge in [0.2, 0.25) is 0 Å². The summed E-state index contributed by atoms with van der Waals surface area (Å²) in [7, 11) is 1.61. The van der Waals surface area contributed by atoms with Gasteiger partial charge in [0, 0.05) is 11.6 Å². The molecule has 0 aliphatic carbocycles. The van der Waals surface area contributed by atoms with Crippen molar-refractivity contribution >= 4 is 28.0 Å². The van der Waals surface area contributed by atoms with Crippen LogP contribution in [0.5, 0.6) is 5.75 Å². The van der Waals surface area contributed by atoms with E-state index < -0.39 is 5.63 Å². The number of nitrogens with zero attached hydrogens (tertiary/aromatic N) is 5. The number of ether oxygens (including phenoxy) is 1. The van der Waals surface area contributed by atoms with Gasteiger partial charge in [-0.3, -0.25) is 0 Å². The molecule has 8 heteroatoms. The van der Waals surface area contributed by atoms with Crippen LogP contribution in [-0.2, 0) is 0 Å². The molecule has 5 rings (SSSR count). The maximum absolute atomic E-state index is 12.7. The third-order valence-electron chi connectivity index (χ3n) is 4.92. The molecule has 0 amide bonds. The fraction of sp³-hybridized carbons (Fsp3) is 0.0870. The molecule has 8 nitrogen and oxygen atoms in total. The molecule has 0 fully saturated rings. The molecule has 0 unspecified atom stereocenters. The van der Waals surface area contributed by atoms with Crippen molar-refractivity contribution in [2.75, 3.05) is 7.11 Å². The number of aromatic nitrogens is 3. The first-order valence-corrected chi connectivity index (χ1v) is 9.57. The number of methoxy groups -OCH3 is 1. The van der Waals surface area contributed by atoms with E-state index in [0.717, 1.165) is 11.1 Å². The summed E-state index contributed by atoms with van der Waals surface area (Å²) in [5.74, 6) is 0.742. The molecule has 0 saturated carbocycles. The van der Waals surface area contributed by atoms with Gasteiger partial charge in [-0.1, -0.05) is 18.2 Å². The summed E-state index contributed by atoms with van der Waals surface area (Å²) in [5.41, 5.74) is 3.40. The van der Waals surface area contributed by atoms with E-state index in [0.29, 0.717) is 39.6 Å². The van der Waals surface area contributed by atoms with Gasteiger partial charge in [-0.25, -0.2) is 14.3 Å². The number of rotatable bonds is 4. The van der Waals surface area contributed by atoms with Crippen molar-refractivity contribution in [3.8, 4) is 17.0 Å². The molecule has 2 aromatic carbocycles. The Balaban J connectivity index is 1.62. The Morgan fingerprint density at radius 1 is 1.03 bits per heavy atom. The summed E-state index contributed by atoms with van der Waals surface area (Å²) in [5, 5.41) is 14.0. The van der Waals surface area contributed by atoms with Crippen LogP contribution in [0, 0.1) is 6.92 Å². The molecule has 0 spiro atoms. The Labute approximate surface area is 176 Å². The van der Waals surface area contributed by atoms with Gasteiger partial charge in [0.25, 0.3) is 0 Å². The fourth-order valence-corrected chi connectivity index (χ4v) is 3.36. The molecule has 3 aromatic heterocycles. The topological polar surface area (TPSA) is 94.4 Å². The zero-order valence-electron chi connectivity index (χ0n) is 16.8. The van der Waals surface area contributed by atoms with Crippen molar-refractivity contribution < 1.29 is 9.15 Å². The Bertz CT molecular complexity index is 1500. The van der Waals surface area contributed by atoms with Crippen LogP contribution in [0.4, 0.5) is 11.4 Å². The average molecular weight is 411 g/mol. The fourth-order valence-electron chi connectivity index (χ4n) is 3.36. The second-order valence-corrected chi connectivity index (χ2v) is 6.88. The van der Waals surface area contributed by atoms with Gasteiger partial charge in [-0.2, -0.15) is 10.2 Å². The molecular formula is C23H17N5O3. The van der Waals surface area contributed by atoms with Crippen molar-refractivity contribution in [3.63, 3.8) is 0 Å². The minimum atomic E-state index is -0.444. The molecule has 0 N–H and O–H groups in total. The molecule has 3 heterocycles. The van der Waals surface area contributed by atoms with Crippen molar-refractivity contribution in [3.05, 3.63) is 83.0 Å². The minimum Gasteiger partial charge on any atom is -0.497 e. The van der Waals surface area contributed by atoms with E-state index in [4.69, 9.17) is 9.15 Å². The lowest BCUT2D eigenvalue weighted by Gasteiger charge is -2.04. The van der Waals surface area contributed by atoms with Gasteiger partial charge in [0.1, 0.15) is 11.3 Å². The lowest BCUT2D eigenvalue weighted by Crippen LogP contribution is -2.07. The monoisotopic (exact) mass is 411 g/mol. The zero-order valence-corrected chi connectivity index (χ0v) is 16.8. The summed E-state index contributed by atoms with van der Waals surface area (Å²) in [6.07, 6.45) is 1.62. The van der Waals surface area contributed by atoms with Crippen LogP contribution in [0.1, 0.15) is 5.69 Å². The molecule has 5 aromatic rings. The van der Waals surface area contributed by atoms with Gasteiger partial charge in [-0.05, 0) is 49.4 Å². The number of aryl methyl sites for hydroxylation is 1. The lowest BCUT2D eigenvalue weighted by molar-refractivity contribution is 0.415. The van der Waals surface area contributed by atoms with Gasteiger partial charge in [0.15, 0.2) is 11.3 Å². The average Bonchev–Trinajstić information content (AvgIpc) is 3.12. The minimum absolute atomic E-state index is 0.396. The molecule has 152 valence electrons. The van der Waals surface area contributed by atoms with E-state index in [2.05, 4.69) is 20.3 Å². The van der Waals surface area contributed by atoms with Crippen LogP contribution in [0.3, 0.4) is 0 Å². The Hall–Kier alpha value is -4.33. The Morgan fingerprint density at radius 2 is 1.84 bits per heavy atom. The highest BCUT2D eigenvalue weighted by Crippen LogP contribution is 2.29. The predicted octanol–water partition coefficient (Wildman–Crippen LogP) is 5.24. The number of hydrogen-bond acceptors (Lipinski definition) is 7. The quantitative estimate of drug-likeness (QED) is 0.298. The van der Waals surface area contributed by atoms with Crippen molar-refractivity contribution in [1.82, 2.24) is 14.6 Å². The number of azo groups is 1. The predicted molar refractivity (Wildman–Crippen MR) is 116 cm³/mol. The Morgan fingerprint density at radius 3 is 2.65 bits per heavy atom. The van der Waals surface area contributed by atoms with Crippen LogP contribution in [0.2, 0.25) is 0 Å². The molecule has 0 radical (unpaired) electrons. The summed E-state index contributed by atoms with van der Waals surface area (Å²) < 4.78 is 12.2. The van der Waals surface area contributed by atoms with E-state index in [1.165, 1.54) is 0 Å². The largest absolute Gasteiger partial charge is 0.497 e. The second kappa shape index (κ2) is 7.49. The highest BCUT2D eigenvalue weighted by Gasteiger charge is 2.17. The molecule has 31 heavy (non-hydrogen) atoms. The van der Waals surface area contributed by atoms with Crippen LogP contribution in [0.15, 0.2) is 86.3 Å². The van der Waals surface area contributed by atoms with Crippen molar-refractivity contribution in [2.24, 2.45) is 10.2 Å². The standard InChI is InChI=1S/C23H17N5O3/c1-14-21(26-25-16-7-9-17(30-2)10-8-16)22-24-12-11-19(28(22)27-14)18-13-15-5-3-4-6-20(15)31-23(18)29/h3-13H,1-2H3. The highest BCUT2D eigenvalue weighted by atomic mass is 16.5. The van der Waals surface area contributed by atoms with Gasteiger partial charge < -0.3 is 9.15 Å². The number of hydrogen-bond donors (Lipinski definition) is 0. The van der Waals surface area contributed by atoms with E-state index in [1.807, 2.05) is 49.4 Å². The van der Waals surface area contributed by atoms with Crippen LogP contribution in [0.25, 0.3) is 27.9 Å². The third kappa shape index (κ3) is 3.33. The first-order valence-electron chi connectivity index (χ1n) is 9.57. The molecule has 0 saturated heterocycles. The third-order valence-corrected chi connectivity index (χ3v) is 4.92. The van der Waals surface area contributed by atoms with Gasteiger partial charge in [0.05, 0.1) is 29.7 Å². The molecular weight excluding hydrogens is 394 g/mol. The zero-order chi connectivity index (χ0) is 21.4. The molecule has 0 aliphatic heterocycles. The second-order valence-electron chi connectivity index (χ2n) is 6.88. The molecule has 0 aliphatic rings. The smallest absolute Gasteiger partial charge is 0.345 e. The van der Waals surface area contributed by atoms with E-state index in [9.17, 15) is 4.79 Å².